The Morgan fingerprint density at radius 3 is 2.47 bits per heavy atom. The van der Waals surface area contributed by atoms with Gasteiger partial charge in [0.05, 0.1) is 7.11 Å². The van der Waals surface area contributed by atoms with Gasteiger partial charge in [-0.05, 0) is 12.1 Å². The number of nitrogens with one attached hydrogen (secondary N) is 1. The van der Waals surface area contributed by atoms with Crippen molar-refractivity contribution in [3.8, 4) is 5.75 Å². The molecule has 0 aliphatic carbocycles. The SMILES string of the molecule is COc1cccc(Nc2nc(F)nc(F)n2)c1. The fourth-order valence-electron chi connectivity index (χ4n) is 1.21. The number of aromatic nitrogens is 3. The first-order valence-electron chi connectivity index (χ1n) is 4.65. The minimum atomic E-state index is -1.18. The van der Waals surface area contributed by atoms with Gasteiger partial charge >= 0.3 is 12.2 Å². The maximum atomic E-state index is 12.7. The lowest BCUT2D eigenvalue weighted by molar-refractivity contribution is 0.415. The first-order chi connectivity index (χ1) is 8.17. The van der Waals surface area contributed by atoms with E-state index in [-0.39, 0.29) is 5.95 Å². The molecule has 17 heavy (non-hydrogen) atoms. The van der Waals surface area contributed by atoms with E-state index in [1.807, 2.05) is 0 Å². The van der Waals surface area contributed by atoms with Crippen LogP contribution in [0.5, 0.6) is 5.75 Å². The molecule has 2 aromatic rings. The molecule has 5 nitrogen and oxygen atoms in total. The van der Waals surface area contributed by atoms with Crippen LogP contribution in [0.3, 0.4) is 0 Å². The molecule has 0 aliphatic rings. The van der Waals surface area contributed by atoms with Crippen molar-refractivity contribution in [1.82, 2.24) is 15.0 Å². The Hall–Kier alpha value is -2.31. The highest BCUT2D eigenvalue weighted by Crippen LogP contribution is 2.19. The predicted molar refractivity (Wildman–Crippen MR) is 56.0 cm³/mol. The Bertz CT molecular complexity index is 515. The van der Waals surface area contributed by atoms with E-state index in [1.165, 1.54) is 7.11 Å². The average Bonchev–Trinajstić information content (AvgIpc) is 2.28. The summed E-state index contributed by atoms with van der Waals surface area (Å²) in [4.78, 5) is 9.40. The third-order valence-corrected chi connectivity index (χ3v) is 1.91. The zero-order valence-corrected chi connectivity index (χ0v) is 8.82. The van der Waals surface area contributed by atoms with Crippen molar-refractivity contribution in [2.75, 3.05) is 12.4 Å². The van der Waals surface area contributed by atoms with E-state index in [1.54, 1.807) is 24.3 Å². The van der Waals surface area contributed by atoms with Gasteiger partial charge in [-0.2, -0.15) is 23.7 Å². The van der Waals surface area contributed by atoms with Crippen molar-refractivity contribution >= 4 is 11.6 Å². The summed E-state index contributed by atoms with van der Waals surface area (Å²) in [6.45, 7) is 0. The molecule has 0 saturated carbocycles. The van der Waals surface area contributed by atoms with Gasteiger partial charge in [-0.1, -0.05) is 6.07 Å². The molecule has 0 saturated heterocycles. The molecule has 0 fully saturated rings. The third kappa shape index (κ3) is 2.83. The molecule has 7 heteroatoms. The van der Waals surface area contributed by atoms with Gasteiger partial charge in [0, 0.05) is 11.8 Å². The molecule has 1 aromatic heterocycles. The van der Waals surface area contributed by atoms with E-state index in [0.29, 0.717) is 11.4 Å². The fourth-order valence-corrected chi connectivity index (χ4v) is 1.21. The monoisotopic (exact) mass is 238 g/mol. The van der Waals surface area contributed by atoms with Crippen LogP contribution in [0.25, 0.3) is 0 Å². The first kappa shape index (κ1) is 11.2. The number of hydrogen-bond donors (Lipinski definition) is 1. The Kier molecular flexibility index (Phi) is 3.08. The number of methoxy groups -OCH3 is 1. The van der Waals surface area contributed by atoms with Crippen LogP contribution < -0.4 is 10.1 Å². The summed E-state index contributed by atoms with van der Waals surface area (Å²) in [6.07, 6.45) is -2.36. The first-order valence-corrected chi connectivity index (χ1v) is 4.65. The van der Waals surface area contributed by atoms with E-state index in [4.69, 9.17) is 4.74 Å². The Morgan fingerprint density at radius 2 is 1.82 bits per heavy atom. The number of nitrogens with zero attached hydrogens (tertiary/aromatic N) is 3. The topological polar surface area (TPSA) is 59.9 Å². The molecule has 0 spiro atoms. The van der Waals surface area contributed by atoms with Crippen molar-refractivity contribution < 1.29 is 13.5 Å². The standard InChI is InChI=1S/C10H8F2N4O/c1-17-7-4-2-3-6(5-7)13-10-15-8(11)14-9(12)16-10/h2-5H,1H3,(H,13,14,15,16). The summed E-state index contributed by atoms with van der Waals surface area (Å²) in [5, 5.41) is 2.64. The van der Waals surface area contributed by atoms with Crippen molar-refractivity contribution in [3.05, 3.63) is 36.4 Å². The van der Waals surface area contributed by atoms with Crippen LogP contribution in [-0.2, 0) is 0 Å². The normalized spacial score (nSPS) is 10.1. The van der Waals surface area contributed by atoms with Gasteiger partial charge in [0.25, 0.3) is 0 Å². The number of anilines is 2. The number of rotatable bonds is 3. The van der Waals surface area contributed by atoms with E-state index in [2.05, 4.69) is 20.3 Å². The minimum Gasteiger partial charge on any atom is -0.497 e. The van der Waals surface area contributed by atoms with Gasteiger partial charge in [0.1, 0.15) is 5.75 Å². The second kappa shape index (κ2) is 4.69. The van der Waals surface area contributed by atoms with E-state index >= 15 is 0 Å². The molecule has 0 bridgehead atoms. The lowest BCUT2D eigenvalue weighted by Crippen LogP contribution is -2.04. The van der Waals surface area contributed by atoms with Crippen LogP contribution in [0.1, 0.15) is 0 Å². The quantitative estimate of drug-likeness (QED) is 0.884. The highest BCUT2D eigenvalue weighted by Gasteiger charge is 2.05. The molecule has 1 N–H and O–H groups in total. The zero-order chi connectivity index (χ0) is 12.3. The fraction of sp³-hybridized carbons (Fsp3) is 0.100. The molecule has 0 amide bonds. The largest absolute Gasteiger partial charge is 0.497 e. The Morgan fingerprint density at radius 1 is 1.12 bits per heavy atom. The second-order valence-corrected chi connectivity index (χ2v) is 3.05. The summed E-state index contributed by atoms with van der Waals surface area (Å²) in [5.74, 6) is 0.397. The van der Waals surface area contributed by atoms with Crippen LogP contribution >= 0.6 is 0 Å². The zero-order valence-electron chi connectivity index (χ0n) is 8.82. The highest BCUT2D eigenvalue weighted by molar-refractivity contribution is 5.55. The molecule has 1 aromatic carbocycles. The lowest BCUT2D eigenvalue weighted by atomic mass is 10.3. The average molecular weight is 238 g/mol. The van der Waals surface area contributed by atoms with Crippen LogP contribution in [0.4, 0.5) is 20.4 Å². The van der Waals surface area contributed by atoms with E-state index in [0.717, 1.165) is 0 Å². The molecule has 0 aliphatic heterocycles. The minimum absolute atomic E-state index is 0.205. The van der Waals surface area contributed by atoms with Crippen LogP contribution in [-0.4, -0.2) is 22.1 Å². The summed E-state index contributed by atoms with van der Waals surface area (Å²) in [6, 6.07) is 6.77. The Labute approximate surface area is 95.5 Å². The molecular formula is C10H8F2N4O. The van der Waals surface area contributed by atoms with Crippen molar-refractivity contribution in [3.63, 3.8) is 0 Å². The molecule has 0 atom stereocenters. The van der Waals surface area contributed by atoms with Gasteiger partial charge < -0.3 is 10.1 Å². The summed E-state index contributed by atoms with van der Waals surface area (Å²) >= 11 is 0. The Balaban J connectivity index is 2.24. The number of halogens is 2. The smallest absolute Gasteiger partial charge is 0.315 e. The maximum absolute atomic E-state index is 12.7. The third-order valence-electron chi connectivity index (χ3n) is 1.91. The molecule has 1 heterocycles. The maximum Gasteiger partial charge on any atom is 0.315 e. The van der Waals surface area contributed by atoms with Crippen LogP contribution in [0.2, 0.25) is 0 Å². The molecule has 2 rings (SSSR count). The summed E-state index contributed by atoms with van der Waals surface area (Å²) in [7, 11) is 1.52. The van der Waals surface area contributed by atoms with Gasteiger partial charge in [-0.3, -0.25) is 0 Å². The van der Waals surface area contributed by atoms with Crippen LogP contribution in [0.15, 0.2) is 24.3 Å². The lowest BCUT2D eigenvalue weighted by Gasteiger charge is -2.05. The summed E-state index contributed by atoms with van der Waals surface area (Å²) in [5.41, 5.74) is 0.550. The van der Waals surface area contributed by atoms with E-state index < -0.39 is 12.2 Å². The second-order valence-electron chi connectivity index (χ2n) is 3.05. The summed E-state index contributed by atoms with van der Waals surface area (Å²) < 4.78 is 30.4. The van der Waals surface area contributed by atoms with E-state index in [9.17, 15) is 8.78 Å². The van der Waals surface area contributed by atoms with Crippen molar-refractivity contribution in [1.29, 1.82) is 0 Å². The molecular weight excluding hydrogens is 230 g/mol. The predicted octanol–water partition coefficient (Wildman–Crippen LogP) is 1.90. The van der Waals surface area contributed by atoms with Crippen LogP contribution in [0, 0.1) is 12.2 Å². The van der Waals surface area contributed by atoms with Gasteiger partial charge in [0.2, 0.25) is 5.95 Å². The van der Waals surface area contributed by atoms with Gasteiger partial charge in [-0.15, -0.1) is 0 Å². The van der Waals surface area contributed by atoms with Crippen molar-refractivity contribution in [2.45, 2.75) is 0 Å². The number of hydrogen-bond acceptors (Lipinski definition) is 5. The highest BCUT2D eigenvalue weighted by atomic mass is 19.1. The molecule has 0 unspecified atom stereocenters. The van der Waals surface area contributed by atoms with Gasteiger partial charge in [0.15, 0.2) is 0 Å². The number of ether oxygens (including phenoxy) is 1. The number of benzene rings is 1. The van der Waals surface area contributed by atoms with Crippen molar-refractivity contribution in [2.24, 2.45) is 0 Å². The molecule has 0 radical (unpaired) electrons. The van der Waals surface area contributed by atoms with Gasteiger partial charge in [-0.25, -0.2) is 0 Å². The molecule has 88 valence electrons.